The molecule has 2 N–H and O–H groups in total. The van der Waals surface area contributed by atoms with Crippen LogP contribution in [0, 0.1) is 0 Å². The Hall–Kier alpha value is -1.59. The van der Waals surface area contributed by atoms with Crippen molar-refractivity contribution >= 4 is 5.91 Å². The van der Waals surface area contributed by atoms with Crippen LogP contribution in [-0.2, 0) is 0 Å². The summed E-state index contributed by atoms with van der Waals surface area (Å²) in [5, 5.41) is 12.4. The normalized spacial score (nSPS) is 12.6. The zero-order valence-corrected chi connectivity index (χ0v) is 12.6. The van der Waals surface area contributed by atoms with Crippen LogP contribution < -0.4 is 10.1 Å². The summed E-state index contributed by atoms with van der Waals surface area (Å²) < 4.78 is 5.51. The zero-order chi connectivity index (χ0) is 15.1. The fourth-order valence-electron chi connectivity index (χ4n) is 1.76. The van der Waals surface area contributed by atoms with Gasteiger partial charge in [0, 0.05) is 18.7 Å². The van der Waals surface area contributed by atoms with Gasteiger partial charge in [-0.1, -0.05) is 0 Å². The summed E-state index contributed by atoms with van der Waals surface area (Å²) >= 11 is 0. The summed E-state index contributed by atoms with van der Waals surface area (Å²) in [6.45, 7) is 4.65. The minimum Gasteiger partial charge on any atom is -0.491 e. The second-order valence-electron chi connectivity index (χ2n) is 5.32. The highest BCUT2D eigenvalue weighted by atomic mass is 16.5. The topological polar surface area (TPSA) is 61.8 Å². The third kappa shape index (κ3) is 6.04. The van der Waals surface area contributed by atoms with E-state index in [-0.39, 0.29) is 18.6 Å². The first-order chi connectivity index (χ1) is 9.38. The van der Waals surface area contributed by atoms with Crippen molar-refractivity contribution in [3.05, 3.63) is 29.8 Å². The monoisotopic (exact) mass is 280 g/mol. The molecule has 0 aliphatic carbocycles. The van der Waals surface area contributed by atoms with Gasteiger partial charge in [0.15, 0.2) is 0 Å². The summed E-state index contributed by atoms with van der Waals surface area (Å²) in [7, 11) is 3.75. The molecule has 0 radical (unpaired) electrons. The number of likely N-dealkylation sites (N-methyl/N-ethyl adjacent to an activating group) is 1. The van der Waals surface area contributed by atoms with Crippen molar-refractivity contribution < 1.29 is 14.6 Å². The van der Waals surface area contributed by atoms with E-state index in [9.17, 15) is 9.90 Å². The standard InChI is InChI=1S/C15H24N2O3/c1-11(2)20-14-7-5-12(6-8-14)15(19)16-9-13(18)10-17(3)4/h5-8,11,13,18H,9-10H2,1-4H3,(H,16,19). The van der Waals surface area contributed by atoms with Gasteiger partial charge in [0.2, 0.25) is 0 Å². The van der Waals surface area contributed by atoms with Crippen molar-refractivity contribution in [1.82, 2.24) is 10.2 Å². The molecule has 1 aromatic carbocycles. The molecule has 0 aliphatic rings. The Morgan fingerprint density at radius 2 is 1.90 bits per heavy atom. The van der Waals surface area contributed by atoms with E-state index in [4.69, 9.17) is 4.74 Å². The van der Waals surface area contributed by atoms with Crippen molar-refractivity contribution in [3.8, 4) is 5.75 Å². The summed E-state index contributed by atoms with van der Waals surface area (Å²) in [4.78, 5) is 13.8. The van der Waals surface area contributed by atoms with E-state index >= 15 is 0 Å². The number of aliphatic hydroxyl groups is 1. The lowest BCUT2D eigenvalue weighted by Crippen LogP contribution is -2.37. The minimum absolute atomic E-state index is 0.107. The average molecular weight is 280 g/mol. The van der Waals surface area contributed by atoms with Crippen molar-refractivity contribution in [1.29, 1.82) is 0 Å². The molecule has 0 aromatic heterocycles. The first-order valence-corrected chi connectivity index (χ1v) is 6.76. The van der Waals surface area contributed by atoms with E-state index in [0.29, 0.717) is 12.1 Å². The van der Waals surface area contributed by atoms with Crippen LogP contribution in [0.25, 0.3) is 0 Å². The molecule has 5 heteroatoms. The number of amides is 1. The molecule has 0 bridgehead atoms. The number of benzene rings is 1. The van der Waals surface area contributed by atoms with Crippen LogP contribution in [0.15, 0.2) is 24.3 Å². The molecule has 0 saturated heterocycles. The van der Waals surface area contributed by atoms with E-state index in [2.05, 4.69) is 5.32 Å². The summed E-state index contributed by atoms with van der Waals surface area (Å²) in [5.74, 6) is 0.545. The van der Waals surface area contributed by atoms with Gasteiger partial charge in [0.25, 0.3) is 5.91 Å². The Morgan fingerprint density at radius 1 is 1.30 bits per heavy atom. The lowest BCUT2D eigenvalue weighted by atomic mass is 10.2. The first kappa shape index (κ1) is 16.5. The van der Waals surface area contributed by atoms with Crippen molar-refractivity contribution in [2.24, 2.45) is 0 Å². The van der Waals surface area contributed by atoms with Gasteiger partial charge in [-0.15, -0.1) is 0 Å². The predicted octanol–water partition coefficient (Wildman–Crippen LogP) is 1.13. The van der Waals surface area contributed by atoms with Gasteiger partial charge in [-0.05, 0) is 52.2 Å². The van der Waals surface area contributed by atoms with Crippen LogP contribution in [0.4, 0.5) is 0 Å². The number of ether oxygens (including phenoxy) is 1. The Morgan fingerprint density at radius 3 is 2.40 bits per heavy atom. The van der Waals surface area contributed by atoms with Gasteiger partial charge < -0.3 is 20.1 Å². The highest BCUT2D eigenvalue weighted by Gasteiger charge is 2.10. The van der Waals surface area contributed by atoms with Crippen LogP contribution in [0.5, 0.6) is 5.75 Å². The quantitative estimate of drug-likeness (QED) is 0.786. The number of carbonyl (C=O) groups is 1. The second kappa shape index (κ2) is 7.87. The maximum Gasteiger partial charge on any atom is 0.251 e. The smallest absolute Gasteiger partial charge is 0.251 e. The Balaban J connectivity index is 2.47. The molecule has 0 heterocycles. The lowest BCUT2D eigenvalue weighted by Gasteiger charge is -2.16. The van der Waals surface area contributed by atoms with Gasteiger partial charge in [-0.3, -0.25) is 4.79 Å². The minimum atomic E-state index is -0.572. The Kier molecular flexibility index (Phi) is 6.48. The van der Waals surface area contributed by atoms with Crippen LogP contribution in [0.1, 0.15) is 24.2 Å². The fourth-order valence-corrected chi connectivity index (χ4v) is 1.76. The number of nitrogens with one attached hydrogen (secondary N) is 1. The maximum absolute atomic E-state index is 11.9. The van der Waals surface area contributed by atoms with Gasteiger partial charge in [-0.25, -0.2) is 0 Å². The summed E-state index contributed by atoms with van der Waals surface area (Å²) in [6, 6.07) is 6.97. The Labute approximate surface area is 120 Å². The predicted molar refractivity (Wildman–Crippen MR) is 79.1 cm³/mol. The van der Waals surface area contributed by atoms with Gasteiger partial charge in [-0.2, -0.15) is 0 Å². The third-order valence-corrected chi connectivity index (χ3v) is 2.56. The molecule has 0 saturated carbocycles. The molecule has 0 spiro atoms. The maximum atomic E-state index is 11.9. The van der Waals surface area contributed by atoms with Crippen LogP contribution in [0.2, 0.25) is 0 Å². The largest absolute Gasteiger partial charge is 0.491 e. The highest BCUT2D eigenvalue weighted by Crippen LogP contribution is 2.13. The SMILES string of the molecule is CC(C)Oc1ccc(C(=O)NCC(O)CN(C)C)cc1. The third-order valence-electron chi connectivity index (χ3n) is 2.56. The molecule has 1 unspecified atom stereocenters. The van der Waals surface area contributed by atoms with Gasteiger partial charge >= 0.3 is 0 Å². The van der Waals surface area contributed by atoms with E-state index in [1.807, 2.05) is 32.8 Å². The number of rotatable bonds is 7. The molecule has 0 fully saturated rings. The molecule has 0 aliphatic heterocycles. The molecule has 5 nitrogen and oxygen atoms in total. The van der Waals surface area contributed by atoms with E-state index in [0.717, 1.165) is 5.75 Å². The summed E-state index contributed by atoms with van der Waals surface area (Å²) in [5.41, 5.74) is 0.554. The van der Waals surface area contributed by atoms with Crippen molar-refractivity contribution in [2.45, 2.75) is 26.1 Å². The summed E-state index contributed by atoms with van der Waals surface area (Å²) in [6.07, 6.45) is -0.464. The molecular weight excluding hydrogens is 256 g/mol. The van der Waals surface area contributed by atoms with Crippen LogP contribution in [0.3, 0.4) is 0 Å². The number of nitrogens with zero attached hydrogens (tertiary/aromatic N) is 1. The lowest BCUT2D eigenvalue weighted by molar-refractivity contribution is 0.0892. The highest BCUT2D eigenvalue weighted by molar-refractivity contribution is 5.94. The van der Waals surface area contributed by atoms with Crippen LogP contribution >= 0.6 is 0 Å². The fraction of sp³-hybridized carbons (Fsp3) is 0.533. The second-order valence-corrected chi connectivity index (χ2v) is 5.32. The zero-order valence-electron chi connectivity index (χ0n) is 12.6. The molecule has 1 rings (SSSR count). The van der Waals surface area contributed by atoms with E-state index in [1.54, 1.807) is 24.3 Å². The Bertz CT molecular complexity index is 416. The number of aliphatic hydroxyl groups excluding tert-OH is 1. The molecule has 1 aromatic rings. The van der Waals surface area contributed by atoms with Gasteiger partial charge in [0.05, 0.1) is 12.2 Å². The van der Waals surface area contributed by atoms with Gasteiger partial charge in [0.1, 0.15) is 5.75 Å². The van der Waals surface area contributed by atoms with E-state index in [1.165, 1.54) is 0 Å². The molecule has 1 atom stereocenters. The molecule has 112 valence electrons. The molecular formula is C15H24N2O3. The first-order valence-electron chi connectivity index (χ1n) is 6.76. The molecule has 1 amide bonds. The van der Waals surface area contributed by atoms with Crippen molar-refractivity contribution in [3.63, 3.8) is 0 Å². The van der Waals surface area contributed by atoms with Crippen LogP contribution in [-0.4, -0.2) is 55.3 Å². The van der Waals surface area contributed by atoms with E-state index < -0.39 is 6.10 Å². The number of hydrogen-bond donors (Lipinski definition) is 2. The number of carbonyl (C=O) groups excluding carboxylic acids is 1. The average Bonchev–Trinajstić information content (AvgIpc) is 2.35. The van der Waals surface area contributed by atoms with Crippen molar-refractivity contribution in [2.75, 3.05) is 27.2 Å². The number of hydrogen-bond acceptors (Lipinski definition) is 4. The molecule has 20 heavy (non-hydrogen) atoms.